The van der Waals surface area contributed by atoms with Gasteiger partial charge in [0.1, 0.15) is 5.75 Å². The van der Waals surface area contributed by atoms with Crippen molar-refractivity contribution in [2.45, 2.75) is 5.75 Å². The van der Waals surface area contributed by atoms with Gasteiger partial charge in [-0.15, -0.1) is 0 Å². The van der Waals surface area contributed by atoms with E-state index in [4.69, 9.17) is 4.74 Å². The second-order valence-electron chi connectivity index (χ2n) is 3.61. The van der Waals surface area contributed by atoms with Gasteiger partial charge in [0.05, 0.1) is 0 Å². The molecule has 3 heteroatoms. The maximum Gasteiger partial charge on any atom is 0.165 e. The van der Waals surface area contributed by atoms with Gasteiger partial charge in [-0.3, -0.25) is 0 Å². The van der Waals surface area contributed by atoms with Gasteiger partial charge in [-0.25, -0.2) is 4.39 Å². The average Bonchev–Trinajstić information content (AvgIpc) is 2.35. The molecule has 0 aliphatic rings. The number of halogens is 1. The molecule has 2 aromatic rings. The zero-order valence-electron chi connectivity index (χ0n) is 9.52. The minimum Gasteiger partial charge on any atom is -0.454 e. The molecule has 0 aliphatic heterocycles. The SMILES string of the molecule is CSCc1ccc(F)c(Oc2ccccc2)c1. The second kappa shape index (κ2) is 5.73. The lowest BCUT2D eigenvalue weighted by Gasteiger charge is -2.08. The Balaban J connectivity index is 2.22. The monoisotopic (exact) mass is 248 g/mol. The van der Waals surface area contributed by atoms with Crippen molar-refractivity contribution in [3.63, 3.8) is 0 Å². The lowest BCUT2D eigenvalue weighted by Crippen LogP contribution is -1.90. The van der Waals surface area contributed by atoms with Gasteiger partial charge in [0.15, 0.2) is 11.6 Å². The van der Waals surface area contributed by atoms with Gasteiger partial charge < -0.3 is 4.74 Å². The molecule has 88 valence electrons. The Hall–Kier alpha value is -1.48. The Kier molecular flexibility index (Phi) is 4.04. The van der Waals surface area contributed by atoms with Gasteiger partial charge >= 0.3 is 0 Å². The lowest BCUT2D eigenvalue weighted by atomic mass is 10.2. The molecule has 17 heavy (non-hydrogen) atoms. The third-order valence-corrected chi connectivity index (χ3v) is 2.90. The van der Waals surface area contributed by atoms with Gasteiger partial charge in [0.2, 0.25) is 0 Å². The highest BCUT2D eigenvalue weighted by molar-refractivity contribution is 7.97. The van der Waals surface area contributed by atoms with E-state index in [9.17, 15) is 4.39 Å². The summed E-state index contributed by atoms with van der Waals surface area (Å²) in [5, 5.41) is 0. The summed E-state index contributed by atoms with van der Waals surface area (Å²) in [4.78, 5) is 0. The second-order valence-corrected chi connectivity index (χ2v) is 4.48. The Morgan fingerprint density at radius 1 is 1.12 bits per heavy atom. The van der Waals surface area contributed by atoms with Crippen LogP contribution in [0.3, 0.4) is 0 Å². The molecule has 0 saturated heterocycles. The maximum absolute atomic E-state index is 13.6. The van der Waals surface area contributed by atoms with Crippen LogP contribution in [0, 0.1) is 5.82 Å². The molecule has 0 fully saturated rings. The van der Waals surface area contributed by atoms with E-state index in [-0.39, 0.29) is 11.6 Å². The van der Waals surface area contributed by atoms with E-state index in [1.54, 1.807) is 36.0 Å². The van der Waals surface area contributed by atoms with E-state index in [0.717, 1.165) is 11.3 Å². The maximum atomic E-state index is 13.6. The van der Waals surface area contributed by atoms with E-state index >= 15 is 0 Å². The molecular formula is C14H13FOS. The number of para-hydroxylation sites is 1. The van der Waals surface area contributed by atoms with Crippen LogP contribution in [0.5, 0.6) is 11.5 Å². The van der Waals surface area contributed by atoms with Crippen LogP contribution in [0.25, 0.3) is 0 Å². The van der Waals surface area contributed by atoms with Crippen LogP contribution < -0.4 is 4.74 Å². The number of rotatable bonds is 4. The summed E-state index contributed by atoms with van der Waals surface area (Å²) < 4.78 is 19.1. The quantitative estimate of drug-likeness (QED) is 0.789. The first-order valence-electron chi connectivity index (χ1n) is 5.30. The summed E-state index contributed by atoms with van der Waals surface area (Å²) in [5.74, 6) is 1.44. The minimum atomic E-state index is -0.335. The molecule has 0 saturated carbocycles. The van der Waals surface area contributed by atoms with Crippen molar-refractivity contribution < 1.29 is 9.13 Å². The number of ether oxygens (including phenoxy) is 1. The standard InChI is InChI=1S/C14H13FOS/c1-17-10-11-7-8-13(15)14(9-11)16-12-5-3-2-4-6-12/h2-9H,10H2,1H3. The van der Waals surface area contributed by atoms with Crippen molar-refractivity contribution in [3.8, 4) is 11.5 Å². The van der Waals surface area contributed by atoms with Crippen LogP contribution in [0.2, 0.25) is 0 Å². The smallest absolute Gasteiger partial charge is 0.165 e. The van der Waals surface area contributed by atoms with Crippen LogP contribution >= 0.6 is 11.8 Å². The van der Waals surface area contributed by atoms with Crippen molar-refractivity contribution in [1.82, 2.24) is 0 Å². The molecule has 0 bridgehead atoms. The zero-order valence-corrected chi connectivity index (χ0v) is 10.3. The molecule has 2 rings (SSSR count). The predicted octanol–water partition coefficient (Wildman–Crippen LogP) is 4.48. The van der Waals surface area contributed by atoms with Crippen LogP contribution in [0.4, 0.5) is 4.39 Å². The summed E-state index contributed by atoms with van der Waals surface area (Å²) in [7, 11) is 0. The molecule has 0 amide bonds. The molecule has 2 aromatic carbocycles. The number of hydrogen-bond acceptors (Lipinski definition) is 2. The first-order chi connectivity index (χ1) is 8.29. The molecule has 0 atom stereocenters. The summed E-state index contributed by atoms with van der Waals surface area (Å²) in [5.41, 5.74) is 1.06. The molecule has 0 unspecified atom stereocenters. The molecule has 0 N–H and O–H groups in total. The summed E-state index contributed by atoms with van der Waals surface area (Å²) in [6.07, 6.45) is 2.01. The predicted molar refractivity (Wildman–Crippen MR) is 70.1 cm³/mol. The van der Waals surface area contributed by atoms with Crippen molar-refractivity contribution in [2.24, 2.45) is 0 Å². The Morgan fingerprint density at radius 2 is 1.88 bits per heavy atom. The van der Waals surface area contributed by atoms with E-state index in [1.807, 2.05) is 24.5 Å². The molecule has 0 heterocycles. The highest BCUT2D eigenvalue weighted by atomic mass is 32.2. The Labute approximate surface area is 105 Å². The number of thioether (sulfide) groups is 1. The molecule has 0 aromatic heterocycles. The van der Waals surface area contributed by atoms with Crippen LogP contribution in [-0.4, -0.2) is 6.26 Å². The highest BCUT2D eigenvalue weighted by Gasteiger charge is 2.05. The molecule has 0 spiro atoms. The number of benzene rings is 2. The van der Waals surface area contributed by atoms with Crippen molar-refractivity contribution in [3.05, 3.63) is 59.9 Å². The van der Waals surface area contributed by atoms with Crippen molar-refractivity contribution in [2.75, 3.05) is 6.26 Å². The van der Waals surface area contributed by atoms with Gasteiger partial charge in [-0.05, 0) is 36.1 Å². The van der Waals surface area contributed by atoms with E-state index in [0.29, 0.717) is 5.75 Å². The Morgan fingerprint density at radius 3 is 2.59 bits per heavy atom. The van der Waals surface area contributed by atoms with Gasteiger partial charge in [-0.2, -0.15) is 11.8 Å². The van der Waals surface area contributed by atoms with E-state index in [2.05, 4.69) is 0 Å². The third-order valence-electron chi connectivity index (χ3n) is 2.28. The number of hydrogen-bond donors (Lipinski definition) is 0. The summed E-state index contributed by atoms with van der Waals surface area (Å²) in [6, 6.07) is 14.2. The molecule has 1 nitrogen and oxygen atoms in total. The largest absolute Gasteiger partial charge is 0.454 e. The average molecular weight is 248 g/mol. The normalized spacial score (nSPS) is 10.2. The van der Waals surface area contributed by atoms with Crippen molar-refractivity contribution in [1.29, 1.82) is 0 Å². The fourth-order valence-electron chi connectivity index (χ4n) is 1.50. The van der Waals surface area contributed by atoms with Crippen LogP contribution in [0.15, 0.2) is 48.5 Å². The van der Waals surface area contributed by atoms with Crippen molar-refractivity contribution >= 4 is 11.8 Å². The van der Waals surface area contributed by atoms with Crippen LogP contribution in [-0.2, 0) is 5.75 Å². The zero-order chi connectivity index (χ0) is 12.1. The van der Waals surface area contributed by atoms with Crippen LogP contribution in [0.1, 0.15) is 5.56 Å². The first kappa shape index (κ1) is 12.0. The topological polar surface area (TPSA) is 9.23 Å². The van der Waals surface area contributed by atoms with Gasteiger partial charge in [-0.1, -0.05) is 24.3 Å². The lowest BCUT2D eigenvalue weighted by molar-refractivity contribution is 0.442. The summed E-state index contributed by atoms with van der Waals surface area (Å²) in [6.45, 7) is 0. The Bertz CT molecular complexity index is 485. The molecule has 0 radical (unpaired) electrons. The van der Waals surface area contributed by atoms with E-state index in [1.165, 1.54) is 6.07 Å². The minimum absolute atomic E-state index is 0.280. The summed E-state index contributed by atoms with van der Waals surface area (Å²) >= 11 is 1.70. The van der Waals surface area contributed by atoms with E-state index < -0.39 is 0 Å². The third kappa shape index (κ3) is 3.24. The molecule has 0 aliphatic carbocycles. The first-order valence-corrected chi connectivity index (χ1v) is 6.69. The highest BCUT2D eigenvalue weighted by Crippen LogP contribution is 2.26. The fourth-order valence-corrected chi connectivity index (χ4v) is 2.01. The van der Waals surface area contributed by atoms with Gasteiger partial charge in [0, 0.05) is 5.75 Å². The molecular weight excluding hydrogens is 235 g/mol. The van der Waals surface area contributed by atoms with Gasteiger partial charge in [0.25, 0.3) is 0 Å². The fraction of sp³-hybridized carbons (Fsp3) is 0.143.